The fraction of sp³-hybridized carbons (Fsp3) is 0.562. The van der Waals surface area contributed by atoms with Crippen LogP contribution in [0, 0.1) is 0 Å². The predicted molar refractivity (Wildman–Crippen MR) is 84.9 cm³/mol. The van der Waals surface area contributed by atoms with E-state index in [1.165, 1.54) is 0 Å². The molecule has 0 unspecified atom stereocenters. The molecular formula is C16H26N2O3. The number of carbonyl (C=O) groups excluding carboxylic acids is 1. The maximum absolute atomic E-state index is 11.9. The highest BCUT2D eigenvalue weighted by Gasteiger charge is 2.22. The Kier molecular flexibility index (Phi) is 6.49. The number of carbonyl (C=O) groups is 1. The predicted octanol–water partition coefficient (Wildman–Crippen LogP) is 2.94. The Morgan fingerprint density at radius 3 is 2.24 bits per heavy atom. The summed E-state index contributed by atoms with van der Waals surface area (Å²) in [7, 11) is 0. The molecule has 3 N–H and O–H groups in total. The quantitative estimate of drug-likeness (QED) is 0.773. The van der Waals surface area contributed by atoms with Gasteiger partial charge in [-0.1, -0.05) is 13.8 Å². The topological polar surface area (TPSA) is 73.6 Å². The first-order valence-corrected chi connectivity index (χ1v) is 7.38. The van der Waals surface area contributed by atoms with E-state index in [0.717, 1.165) is 12.8 Å². The monoisotopic (exact) mass is 294 g/mol. The Morgan fingerprint density at radius 2 is 1.71 bits per heavy atom. The molecule has 0 saturated heterocycles. The highest BCUT2D eigenvalue weighted by Crippen LogP contribution is 2.31. The number of nitrogens with one attached hydrogen (secondary N) is 1. The zero-order valence-corrected chi connectivity index (χ0v) is 13.4. The van der Waals surface area contributed by atoms with Crippen molar-refractivity contribution >= 4 is 11.6 Å². The number of nitrogens with two attached hydrogens (primary N) is 1. The molecule has 1 amide bonds. The second-order valence-corrected chi connectivity index (χ2v) is 5.53. The van der Waals surface area contributed by atoms with Gasteiger partial charge in [0.15, 0.2) is 11.5 Å². The Bertz CT molecular complexity index is 467. The van der Waals surface area contributed by atoms with Crippen molar-refractivity contribution in [1.29, 1.82) is 0 Å². The number of benzene rings is 1. The first kappa shape index (κ1) is 17.3. The van der Waals surface area contributed by atoms with Gasteiger partial charge in [0.25, 0.3) is 0 Å². The number of hydrogen-bond donors (Lipinski definition) is 2. The van der Waals surface area contributed by atoms with Crippen LogP contribution in [0.1, 0.15) is 40.5 Å². The minimum absolute atomic E-state index is 0.244. The molecule has 1 aromatic carbocycles. The van der Waals surface area contributed by atoms with Crippen LogP contribution in [0.5, 0.6) is 11.5 Å². The van der Waals surface area contributed by atoms with Gasteiger partial charge in [-0.15, -0.1) is 0 Å². The largest absolute Gasteiger partial charge is 0.490 e. The Labute approximate surface area is 126 Å². The highest BCUT2D eigenvalue weighted by molar-refractivity contribution is 5.97. The van der Waals surface area contributed by atoms with Crippen LogP contribution in [0.25, 0.3) is 0 Å². The third-order valence-electron chi connectivity index (χ3n) is 2.71. The Morgan fingerprint density at radius 1 is 1.14 bits per heavy atom. The van der Waals surface area contributed by atoms with Crippen molar-refractivity contribution in [3.05, 3.63) is 18.2 Å². The molecule has 5 nitrogen and oxygen atoms in total. The van der Waals surface area contributed by atoms with E-state index >= 15 is 0 Å². The number of rotatable bonds is 8. The molecule has 0 aliphatic rings. The van der Waals surface area contributed by atoms with Crippen molar-refractivity contribution in [2.24, 2.45) is 5.73 Å². The fourth-order valence-corrected chi connectivity index (χ4v) is 1.53. The molecular weight excluding hydrogens is 268 g/mol. The molecule has 0 fully saturated rings. The zero-order chi connectivity index (χ0) is 15.9. The molecule has 0 radical (unpaired) electrons. The number of anilines is 1. The molecule has 0 bridgehead atoms. The van der Waals surface area contributed by atoms with Crippen molar-refractivity contribution < 1.29 is 14.3 Å². The summed E-state index contributed by atoms with van der Waals surface area (Å²) in [6, 6.07) is 5.36. The van der Waals surface area contributed by atoms with Crippen LogP contribution in [-0.2, 0) is 4.79 Å². The summed E-state index contributed by atoms with van der Waals surface area (Å²) < 4.78 is 11.3. The van der Waals surface area contributed by atoms with Crippen molar-refractivity contribution in [2.75, 3.05) is 18.5 Å². The standard InChI is InChI=1S/C16H26N2O3/c1-5-9-20-13-8-7-12(11-14(13)21-10-6-2)18-15(19)16(3,4)17/h7-8,11H,5-6,9-10,17H2,1-4H3,(H,18,19). The van der Waals surface area contributed by atoms with Gasteiger partial charge in [0.2, 0.25) is 5.91 Å². The number of amides is 1. The maximum Gasteiger partial charge on any atom is 0.243 e. The molecule has 0 aliphatic carbocycles. The van der Waals surface area contributed by atoms with Gasteiger partial charge in [-0.2, -0.15) is 0 Å². The Hall–Kier alpha value is -1.75. The summed E-state index contributed by atoms with van der Waals surface area (Å²) in [4.78, 5) is 11.9. The van der Waals surface area contributed by atoms with Crippen LogP contribution in [0.2, 0.25) is 0 Å². The fourth-order valence-electron chi connectivity index (χ4n) is 1.53. The van der Waals surface area contributed by atoms with Gasteiger partial charge in [-0.3, -0.25) is 4.79 Å². The number of hydrogen-bond acceptors (Lipinski definition) is 4. The molecule has 0 atom stereocenters. The second kappa shape index (κ2) is 7.88. The average molecular weight is 294 g/mol. The third kappa shape index (κ3) is 5.63. The Balaban J connectivity index is 2.89. The first-order valence-electron chi connectivity index (χ1n) is 7.38. The van der Waals surface area contributed by atoms with E-state index in [9.17, 15) is 4.79 Å². The first-order chi connectivity index (χ1) is 9.88. The molecule has 0 saturated carbocycles. The van der Waals surface area contributed by atoms with Gasteiger partial charge in [-0.05, 0) is 38.8 Å². The van der Waals surface area contributed by atoms with Crippen molar-refractivity contribution in [3.8, 4) is 11.5 Å². The second-order valence-electron chi connectivity index (χ2n) is 5.53. The van der Waals surface area contributed by atoms with E-state index in [2.05, 4.69) is 5.32 Å². The summed E-state index contributed by atoms with van der Waals surface area (Å²) >= 11 is 0. The van der Waals surface area contributed by atoms with E-state index in [4.69, 9.17) is 15.2 Å². The van der Waals surface area contributed by atoms with Gasteiger partial charge in [0.1, 0.15) is 0 Å². The van der Waals surface area contributed by atoms with Crippen LogP contribution in [0.15, 0.2) is 18.2 Å². The van der Waals surface area contributed by atoms with Gasteiger partial charge in [0.05, 0.1) is 18.8 Å². The third-order valence-corrected chi connectivity index (χ3v) is 2.71. The van der Waals surface area contributed by atoms with Crippen LogP contribution >= 0.6 is 0 Å². The summed E-state index contributed by atoms with van der Waals surface area (Å²) in [5.74, 6) is 1.08. The van der Waals surface area contributed by atoms with E-state index < -0.39 is 5.54 Å². The minimum Gasteiger partial charge on any atom is -0.490 e. The summed E-state index contributed by atoms with van der Waals surface area (Å²) in [6.07, 6.45) is 1.83. The van der Waals surface area contributed by atoms with Crippen molar-refractivity contribution in [2.45, 2.75) is 46.1 Å². The highest BCUT2D eigenvalue weighted by atomic mass is 16.5. The van der Waals surface area contributed by atoms with Crippen LogP contribution in [0.4, 0.5) is 5.69 Å². The average Bonchev–Trinajstić information content (AvgIpc) is 2.43. The molecule has 0 spiro atoms. The van der Waals surface area contributed by atoms with Crippen LogP contribution in [0.3, 0.4) is 0 Å². The van der Waals surface area contributed by atoms with Crippen molar-refractivity contribution in [1.82, 2.24) is 0 Å². The molecule has 21 heavy (non-hydrogen) atoms. The van der Waals surface area contributed by atoms with Crippen LogP contribution < -0.4 is 20.5 Å². The molecule has 1 rings (SSSR count). The molecule has 5 heteroatoms. The minimum atomic E-state index is -0.929. The van der Waals surface area contributed by atoms with Gasteiger partial charge < -0.3 is 20.5 Å². The lowest BCUT2D eigenvalue weighted by Gasteiger charge is -2.19. The summed E-state index contributed by atoms with van der Waals surface area (Å²) in [5.41, 5.74) is 5.49. The summed E-state index contributed by atoms with van der Waals surface area (Å²) in [5, 5.41) is 2.78. The van der Waals surface area contributed by atoms with E-state index in [-0.39, 0.29) is 5.91 Å². The molecule has 0 aromatic heterocycles. The molecule has 1 aromatic rings. The maximum atomic E-state index is 11.9. The van der Waals surface area contributed by atoms with E-state index in [0.29, 0.717) is 30.4 Å². The molecule has 0 aliphatic heterocycles. The SMILES string of the molecule is CCCOc1ccc(NC(=O)C(C)(C)N)cc1OCCC. The summed E-state index contributed by atoms with van der Waals surface area (Å²) in [6.45, 7) is 8.64. The van der Waals surface area contributed by atoms with Crippen LogP contribution in [-0.4, -0.2) is 24.7 Å². The molecule has 118 valence electrons. The normalized spacial score (nSPS) is 11.1. The van der Waals surface area contributed by atoms with E-state index in [1.807, 2.05) is 13.8 Å². The lowest BCUT2D eigenvalue weighted by atomic mass is 10.1. The lowest BCUT2D eigenvalue weighted by molar-refractivity contribution is -0.120. The molecule has 0 heterocycles. The lowest BCUT2D eigenvalue weighted by Crippen LogP contribution is -2.45. The smallest absolute Gasteiger partial charge is 0.243 e. The van der Waals surface area contributed by atoms with Crippen molar-refractivity contribution in [3.63, 3.8) is 0 Å². The van der Waals surface area contributed by atoms with Gasteiger partial charge in [-0.25, -0.2) is 0 Å². The van der Waals surface area contributed by atoms with Gasteiger partial charge >= 0.3 is 0 Å². The number of ether oxygens (including phenoxy) is 2. The van der Waals surface area contributed by atoms with Gasteiger partial charge in [0, 0.05) is 11.8 Å². The zero-order valence-electron chi connectivity index (χ0n) is 13.4. The van der Waals surface area contributed by atoms with E-state index in [1.54, 1.807) is 32.0 Å².